The van der Waals surface area contributed by atoms with Gasteiger partial charge in [0, 0.05) is 35.5 Å². The largest absolute Gasteiger partial charge is 0.396 e. The van der Waals surface area contributed by atoms with Gasteiger partial charge in [-0.1, -0.05) is 12.1 Å². The highest BCUT2D eigenvalue weighted by molar-refractivity contribution is 7.11. The van der Waals surface area contributed by atoms with Gasteiger partial charge in [-0.15, -0.1) is 11.3 Å². The van der Waals surface area contributed by atoms with E-state index in [1.165, 1.54) is 15.3 Å². The second-order valence-electron chi connectivity index (χ2n) is 6.78. The van der Waals surface area contributed by atoms with Gasteiger partial charge in [0.25, 0.3) is 0 Å². The molecule has 0 fully saturated rings. The summed E-state index contributed by atoms with van der Waals surface area (Å²) in [6, 6.07) is 13.1. The van der Waals surface area contributed by atoms with Crippen LogP contribution in [0.1, 0.15) is 41.9 Å². The first-order chi connectivity index (χ1) is 12.1. The number of aliphatic hydroxyl groups is 1. The molecule has 0 saturated carbocycles. The number of rotatable bonds is 8. The minimum absolute atomic E-state index is 0.223. The van der Waals surface area contributed by atoms with E-state index in [0.29, 0.717) is 6.04 Å². The number of aliphatic hydroxyl groups excluding tert-OH is 1. The van der Waals surface area contributed by atoms with E-state index < -0.39 is 0 Å². The summed E-state index contributed by atoms with van der Waals surface area (Å²) in [6.45, 7) is 9.35. The number of benzene rings is 1. The van der Waals surface area contributed by atoms with Crippen LogP contribution < -0.4 is 0 Å². The topological polar surface area (TPSA) is 41.3 Å². The standard InChI is InChI=1S/C20H27N3OS/c1-15(2)23-19-8-5-4-7-18(19)21-20(23)14-22(11-6-12-24)13-17-10-9-16(3)25-17/h4-5,7-10,15,24H,6,11-14H2,1-3H3. The SMILES string of the molecule is Cc1ccc(CN(CCCO)Cc2nc3ccccc3n2C(C)C)s1. The number of hydrogen-bond acceptors (Lipinski definition) is 4. The van der Waals surface area contributed by atoms with Crippen molar-refractivity contribution in [2.75, 3.05) is 13.2 Å². The van der Waals surface area contributed by atoms with Gasteiger partial charge in [0.1, 0.15) is 5.82 Å². The third kappa shape index (κ3) is 4.29. The average molecular weight is 358 g/mol. The van der Waals surface area contributed by atoms with Crippen LogP contribution in [0.5, 0.6) is 0 Å². The lowest BCUT2D eigenvalue weighted by Crippen LogP contribution is -2.26. The molecule has 5 heteroatoms. The lowest BCUT2D eigenvalue weighted by atomic mass is 10.3. The Balaban J connectivity index is 1.87. The van der Waals surface area contributed by atoms with Gasteiger partial charge in [-0.05, 0) is 51.5 Å². The van der Waals surface area contributed by atoms with Crippen molar-refractivity contribution in [2.45, 2.75) is 46.3 Å². The van der Waals surface area contributed by atoms with Crippen LogP contribution in [0.4, 0.5) is 0 Å². The van der Waals surface area contributed by atoms with Gasteiger partial charge >= 0.3 is 0 Å². The first-order valence-corrected chi connectivity index (χ1v) is 9.74. The number of fused-ring (bicyclic) bond motifs is 1. The summed E-state index contributed by atoms with van der Waals surface area (Å²) in [5.41, 5.74) is 2.25. The van der Waals surface area contributed by atoms with Crippen LogP contribution in [0.15, 0.2) is 36.4 Å². The van der Waals surface area contributed by atoms with Crippen molar-refractivity contribution in [1.29, 1.82) is 0 Å². The number of imidazole rings is 1. The first kappa shape index (κ1) is 18.1. The van der Waals surface area contributed by atoms with Crippen LogP contribution in [0.25, 0.3) is 11.0 Å². The molecule has 0 aliphatic heterocycles. The maximum Gasteiger partial charge on any atom is 0.124 e. The van der Waals surface area contributed by atoms with Crippen LogP contribution in [-0.2, 0) is 13.1 Å². The van der Waals surface area contributed by atoms with Gasteiger partial charge in [0.05, 0.1) is 17.6 Å². The van der Waals surface area contributed by atoms with E-state index >= 15 is 0 Å². The molecule has 0 saturated heterocycles. The van der Waals surface area contributed by atoms with Crippen LogP contribution in [0.3, 0.4) is 0 Å². The Bertz CT molecular complexity index is 821. The smallest absolute Gasteiger partial charge is 0.124 e. The predicted molar refractivity (Wildman–Crippen MR) is 105 cm³/mol. The molecule has 0 radical (unpaired) electrons. The fourth-order valence-corrected chi connectivity index (χ4v) is 4.21. The summed E-state index contributed by atoms with van der Waals surface area (Å²) in [5.74, 6) is 1.10. The van der Waals surface area contributed by atoms with Crippen molar-refractivity contribution in [3.05, 3.63) is 52.0 Å². The third-order valence-corrected chi connectivity index (χ3v) is 5.34. The zero-order valence-electron chi connectivity index (χ0n) is 15.3. The van der Waals surface area contributed by atoms with Crippen molar-refractivity contribution in [1.82, 2.24) is 14.5 Å². The third-order valence-electron chi connectivity index (χ3n) is 4.36. The molecule has 0 spiro atoms. The normalized spacial score (nSPS) is 11.9. The van der Waals surface area contributed by atoms with Crippen LogP contribution >= 0.6 is 11.3 Å². The molecule has 25 heavy (non-hydrogen) atoms. The molecule has 1 aromatic carbocycles. The predicted octanol–water partition coefficient (Wildman–Crippen LogP) is 4.37. The van der Waals surface area contributed by atoms with Gasteiger partial charge in [-0.25, -0.2) is 4.98 Å². The number of hydrogen-bond donors (Lipinski definition) is 1. The quantitative estimate of drug-likeness (QED) is 0.651. The fraction of sp³-hybridized carbons (Fsp3) is 0.450. The summed E-state index contributed by atoms with van der Waals surface area (Å²) in [5, 5.41) is 9.26. The number of aromatic nitrogens is 2. The monoisotopic (exact) mass is 357 g/mol. The Labute approximate surface area is 153 Å². The van der Waals surface area contributed by atoms with E-state index in [2.05, 4.69) is 60.6 Å². The molecular weight excluding hydrogens is 330 g/mol. The number of para-hydroxylation sites is 2. The molecule has 2 aromatic heterocycles. The van der Waals surface area contributed by atoms with E-state index in [1.54, 1.807) is 0 Å². The van der Waals surface area contributed by atoms with E-state index in [0.717, 1.165) is 37.4 Å². The summed E-state index contributed by atoms with van der Waals surface area (Å²) < 4.78 is 2.33. The zero-order chi connectivity index (χ0) is 17.8. The molecule has 0 aliphatic carbocycles. The molecule has 1 N–H and O–H groups in total. The van der Waals surface area contributed by atoms with E-state index in [9.17, 15) is 5.11 Å². The number of aryl methyl sites for hydroxylation is 1. The van der Waals surface area contributed by atoms with E-state index in [-0.39, 0.29) is 6.61 Å². The Morgan fingerprint density at radius 3 is 2.64 bits per heavy atom. The van der Waals surface area contributed by atoms with Gasteiger partial charge in [-0.2, -0.15) is 0 Å². The molecule has 3 rings (SSSR count). The lowest BCUT2D eigenvalue weighted by molar-refractivity contribution is 0.208. The number of thiophene rings is 1. The van der Waals surface area contributed by atoms with Crippen LogP contribution in [0, 0.1) is 6.92 Å². The first-order valence-electron chi connectivity index (χ1n) is 8.93. The van der Waals surface area contributed by atoms with Gasteiger partial charge < -0.3 is 9.67 Å². The Hall–Kier alpha value is -1.69. The summed E-state index contributed by atoms with van der Waals surface area (Å²) >= 11 is 1.84. The van der Waals surface area contributed by atoms with Crippen molar-refractivity contribution < 1.29 is 5.11 Å². The second-order valence-corrected chi connectivity index (χ2v) is 8.15. The van der Waals surface area contributed by atoms with E-state index in [1.807, 2.05) is 17.4 Å². The summed E-state index contributed by atoms with van der Waals surface area (Å²) in [6.07, 6.45) is 0.784. The molecule has 0 unspecified atom stereocenters. The molecular formula is C20H27N3OS. The van der Waals surface area contributed by atoms with Crippen molar-refractivity contribution in [2.24, 2.45) is 0 Å². The van der Waals surface area contributed by atoms with Crippen molar-refractivity contribution in [3.63, 3.8) is 0 Å². The fourth-order valence-electron chi connectivity index (χ4n) is 3.28. The highest BCUT2D eigenvalue weighted by Gasteiger charge is 2.16. The Morgan fingerprint density at radius 2 is 1.96 bits per heavy atom. The van der Waals surface area contributed by atoms with Crippen LogP contribution in [-0.4, -0.2) is 32.7 Å². The van der Waals surface area contributed by atoms with Crippen molar-refractivity contribution >= 4 is 22.4 Å². The second kappa shape index (κ2) is 8.13. The lowest BCUT2D eigenvalue weighted by Gasteiger charge is -2.22. The maximum atomic E-state index is 9.26. The zero-order valence-corrected chi connectivity index (χ0v) is 16.1. The highest BCUT2D eigenvalue weighted by Crippen LogP contribution is 2.23. The summed E-state index contributed by atoms with van der Waals surface area (Å²) in [4.78, 5) is 9.98. The van der Waals surface area contributed by atoms with Crippen molar-refractivity contribution in [3.8, 4) is 0 Å². The molecule has 0 amide bonds. The minimum Gasteiger partial charge on any atom is -0.396 e. The Morgan fingerprint density at radius 1 is 1.16 bits per heavy atom. The van der Waals surface area contributed by atoms with E-state index in [4.69, 9.17) is 4.98 Å². The number of nitrogens with zero attached hydrogens (tertiary/aromatic N) is 3. The van der Waals surface area contributed by atoms with Gasteiger partial charge in [0.15, 0.2) is 0 Å². The molecule has 2 heterocycles. The molecule has 0 atom stereocenters. The average Bonchev–Trinajstić information content (AvgIpc) is 3.15. The van der Waals surface area contributed by atoms with Gasteiger partial charge in [-0.3, -0.25) is 4.90 Å². The summed E-state index contributed by atoms with van der Waals surface area (Å²) in [7, 11) is 0. The molecule has 0 aliphatic rings. The molecule has 0 bridgehead atoms. The Kier molecular flexibility index (Phi) is 5.89. The molecule has 3 aromatic rings. The van der Waals surface area contributed by atoms with Crippen LogP contribution in [0.2, 0.25) is 0 Å². The molecule has 4 nitrogen and oxygen atoms in total. The minimum atomic E-state index is 0.223. The highest BCUT2D eigenvalue weighted by atomic mass is 32.1. The molecule has 134 valence electrons. The maximum absolute atomic E-state index is 9.26. The van der Waals surface area contributed by atoms with Gasteiger partial charge in [0.2, 0.25) is 0 Å².